The van der Waals surface area contributed by atoms with Crippen molar-refractivity contribution in [2.45, 2.75) is 20.4 Å². The molecule has 0 radical (unpaired) electrons. The van der Waals surface area contributed by atoms with E-state index in [9.17, 15) is 4.79 Å². The Labute approximate surface area is 126 Å². The molecule has 4 nitrogen and oxygen atoms in total. The van der Waals surface area contributed by atoms with E-state index in [1.807, 2.05) is 48.9 Å². The Balaban J connectivity index is 2.23. The first-order valence-electron chi connectivity index (χ1n) is 6.36. The van der Waals surface area contributed by atoms with Gasteiger partial charge in [0.25, 0.3) is 5.91 Å². The average molecular weight is 337 g/mol. The average Bonchev–Trinajstić information content (AvgIpc) is 2.82. The molecule has 1 aromatic heterocycles. The second-order valence-electron chi connectivity index (χ2n) is 4.46. The molecule has 2 aromatic rings. The summed E-state index contributed by atoms with van der Waals surface area (Å²) in [6.07, 6.45) is 1.90. The third-order valence-corrected chi connectivity index (χ3v) is 3.55. The fourth-order valence-corrected chi connectivity index (χ4v) is 2.48. The van der Waals surface area contributed by atoms with Crippen molar-refractivity contribution in [1.29, 1.82) is 0 Å². The number of aromatic nitrogens is 1. The lowest BCUT2D eigenvalue weighted by Crippen LogP contribution is -2.16. The number of aryl methyl sites for hydroxylation is 2. The Morgan fingerprint density at radius 2 is 2.15 bits per heavy atom. The van der Waals surface area contributed by atoms with Crippen LogP contribution in [0.25, 0.3) is 0 Å². The van der Waals surface area contributed by atoms with Crippen LogP contribution in [0.2, 0.25) is 0 Å². The number of carbonyl (C=O) groups excluding carboxylic acids is 1. The molecule has 0 unspecified atom stereocenters. The molecule has 0 atom stereocenters. The highest BCUT2D eigenvalue weighted by Gasteiger charge is 2.13. The highest BCUT2D eigenvalue weighted by atomic mass is 79.9. The van der Waals surface area contributed by atoms with Gasteiger partial charge in [0.05, 0.1) is 7.11 Å². The zero-order valence-electron chi connectivity index (χ0n) is 11.7. The lowest BCUT2D eigenvalue weighted by molar-refractivity contribution is 0.101. The van der Waals surface area contributed by atoms with E-state index >= 15 is 0 Å². The Kier molecular flexibility index (Phi) is 4.49. The number of amides is 1. The van der Waals surface area contributed by atoms with Gasteiger partial charge in [-0.1, -0.05) is 0 Å². The van der Waals surface area contributed by atoms with Gasteiger partial charge in [-0.2, -0.15) is 0 Å². The number of halogens is 1. The summed E-state index contributed by atoms with van der Waals surface area (Å²) in [6.45, 7) is 4.69. The van der Waals surface area contributed by atoms with Crippen LogP contribution in [0.1, 0.15) is 23.0 Å². The molecule has 0 saturated heterocycles. The topological polar surface area (TPSA) is 43.3 Å². The van der Waals surface area contributed by atoms with Crippen molar-refractivity contribution in [2.24, 2.45) is 0 Å². The molecule has 0 aliphatic rings. The first kappa shape index (κ1) is 14.7. The lowest BCUT2D eigenvalue weighted by atomic mass is 10.2. The molecule has 0 fully saturated rings. The number of hydrogen-bond donors (Lipinski definition) is 1. The zero-order chi connectivity index (χ0) is 14.7. The maximum Gasteiger partial charge on any atom is 0.272 e. The predicted molar refractivity (Wildman–Crippen MR) is 83.5 cm³/mol. The smallest absolute Gasteiger partial charge is 0.272 e. The maximum atomic E-state index is 12.3. The molecule has 0 aliphatic carbocycles. The first-order valence-corrected chi connectivity index (χ1v) is 7.16. The zero-order valence-corrected chi connectivity index (χ0v) is 13.3. The predicted octanol–water partition coefficient (Wildman–Crippen LogP) is 3.84. The van der Waals surface area contributed by atoms with Gasteiger partial charge in [-0.05, 0) is 59.6 Å². The normalized spacial score (nSPS) is 10.4. The molecule has 0 bridgehead atoms. The van der Waals surface area contributed by atoms with Crippen LogP contribution in [0.4, 0.5) is 5.69 Å². The third-order valence-electron chi connectivity index (χ3n) is 3.12. The molecule has 0 aliphatic heterocycles. The van der Waals surface area contributed by atoms with Crippen molar-refractivity contribution in [3.63, 3.8) is 0 Å². The Bertz CT molecular complexity index is 635. The third kappa shape index (κ3) is 3.04. The van der Waals surface area contributed by atoms with Crippen LogP contribution in [0.3, 0.4) is 0 Å². The van der Waals surface area contributed by atoms with Crippen LogP contribution in [-0.2, 0) is 6.54 Å². The Morgan fingerprint density at radius 1 is 1.40 bits per heavy atom. The molecule has 5 heteroatoms. The molecule has 2 rings (SSSR count). The van der Waals surface area contributed by atoms with E-state index < -0.39 is 0 Å². The van der Waals surface area contributed by atoms with E-state index in [1.54, 1.807) is 7.11 Å². The molecule has 1 aromatic carbocycles. The van der Waals surface area contributed by atoms with E-state index in [0.29, 0.717) is 5.69 Å². The van der Waals surface area contributed by atoms with Crippen molar-refractivity contribution >= 4 is 27.5 Å². The number of carbonyl (C=O) groups is 1. The number of hydrogen-bond acceptors (Lipinski definition) is 2. The SMILES string of the molecule is CCn1cc(Br)cc1C(=O)Nc1ccc(OC)cc1C. The Morgan fingerprint density at radius 3 is 2.75 bits per heavy atom. The minimum atomic E-state index is -0.120. The molecular weight excluding hydrogens is 320 g/mol. The highest BCUT2D eigenvalue weighted by molar-refractivity contribution is 9.10. The van der Waals surface area contributed by atoms with E-state index in [2.05, 4.69) is 21.2 Å². The van der Waals surface area contributed by atoms with Gasteiger partial charge < -0.3 is 14.6 Å². The van der Waals surface area contributed by atoms with Crippen LogP contribution in [0.15, 0.2) is 34.9 Å². The quantitative estimate of drug-likeness (QED) is 0.921. The van der Waals surface area contributed by atoms with Gasteiger partial charge in [-0.15, -0.1) is 0 Å². The molecule has 20 heavy (non-hydrogen) atoms. The first-order chi connectivity index (χ1) is 9.55. The van der Waals surface area contributed by atoms with E-state index in [1.165, 1.54) is 0 Å². The fraction of sp³-hybridized carbons (Fsp3) is 0.267. The van der Waals surface area contributed by atoms with Gasteiger partial charge in [0.2, 0.25) is 0 Å². The molecular formula is C15H17BrN2O2. The highest BCUT2D eigenvalue weighted by Crippen LogP contribution is 2.22. The summed E-state index contributed by atoms with van der Waals surface area (Å²) in [4.78, 5) is 12.3. The molecule has 0 saturated carbocycles. The number of ether oxygens (including phenoxy) is 1. The van der Waals surface area contributed by atoms with Crippen molar-refractivity contribution in [2.75, 3.05) is 12.4 Å². The molecule has 1 heterocycles. The lowest BCUT2D eigenvalue weighted by Gasteiger charge is -2.11. The summed E-state index contributed by atoms with van der Waals surface area (Å²) in [5, 5.41) is 2.93. The number of rotatable bonds is 4. The van der Waals surface area contributed by atoms with Crippen LogP contribution in [0, 0.1) is 6.92 Å². The Hall–Kier alpha value is -1.75. The summed E-state index contributed by atoms with van der Waals surface area (Å²) >= 11 is 3.39. The van der Waals surface area contributed by atoms with Crippen molar-refractivity contribution in [3.8, 4) is 5.75 Å². The van der Waals surface area contributed by atoms with Gasteiger partial charge >= 0.3 is 0 Å². The van der Waals surface area contributed by atoms with E-state index in [4.69, 9.17) is 4.74 Å². The van der Waals surface area contributed by atoms with Crippen LogP contribution < -0.4 is 10.1 Å². The minimum absolute atomic E-state index is 0.120. The van der Waals surface area contributed by atoms with Gasteiger partial charge in [-0.25, -0.2) is 0 Å². The minimum Gasteiger partial charge on any atom is -0.497 e. The summed E-state index contributed by atoms with van der Waals surface area (Å²) < 4.78 is 7.96. The maximum absolute atomic E-state index is 12.3. The molecule has 0 spiro atoms. The number of benzene rings is 1. The van der Waals surface area contributed by atoms with Crippen molar-refractivity contribution in [1.82, 2.24) is 4.57 Å². The number of anilines is 1. The van der Waals surface area contributed by atoms with E-state index in [0.717, 1.165) is 28.0 Å². The van der Waals surface area contributed by atoms with Crippen LogP contribution >= 0.6 is 15.9 Å². The van der Waals surface area contributed by atoms with Crippen molar-refractivity contribution < 1.29 is 9.53 Å². The summed E-state index contributed by atoms with van der Waals surface area (Å²) in [6, 6.07) is 7.39. The summed E-state index contributed by atoms with van der Waals surface area (Å²) in [7, 11) is 1.62. The number of nitrogens with one attached hydrogen (secondary N) is 1. The van der Waals surface area contributed by atoms with Gasteiger partial charge in [0, 0.05) is 22.9 Å². The van der Waals surface area contributed by atoms with Crippen LogP contribution in [-0.4, -0.2) is 17.6 Å². The second kappa shape index (κ2) is 6.13. The van der Waals surface area contributed by atoms with Gasteiger partial charge in [-0.3, -0.25) is 4.79 Å². The number of nitrogens with zero attached hydrogens (tertiary/aromatic N) is 1. The summed E-state index contributed by atoms with van der Waals surface area (Å²) in [5.74, 6) is 0.658. The van der Waals surface area contributed by atoms with Crippen molar-refractivity contribution in [3.05, 3.63) is 46.2 Å². The van der Waals surface area contributed by atoms with Gasteiger partial charge in [0.15, 0.2) is 0 Å². The molecule has 1 amide bonds. The second-order valence-corrected chi connectivity index (χ2v) is 5.38. The molecule has 106 valence electrons. The van der Waals surface area contributed by atoms with Crippen LogP contribution in [0.5, 0.6) is 5.75 Å². The number of methoxy groups -OCH3 is 1. The largest absolute Gasteiger partial charge is 0.497 e. The fourth-order valence-electron chi connectivity index (χ4n) is 2.02. The summed E-state index contributed by atoms with van der Waals surface area (Å²) in [5.41, 5.74) is 2.39. The standard InChI is InChI=1S/C15H17BrN2O2/c1-4-18-9-11(16)8-14(18)15(19)17-13-6-5-12(20-3)7-10(13)2/h5-9H,4H2,1-3H3,(H,17,19). The van der Waals surface area contributed by atoms with E-state index in [-0.39, 0.29) is 5.91 Å². The molecule has 1 N–H and O–H groups in total. The monoisotopic (exact) mass is 336 g/mol. The van der Waals surface area contributed by atoms with Gasteiger partial charge in [0.1, 0.15) is 11.4 Å².